The van der Waals surface area contributed by atoms with Gasteiger partial charge in [0.05, 0.1) is 35.3 Å². The summed E-state index contributed by atoms with van der Waals surface area (Å²) in [4.78, 5) is 43.4. The van der Waals surface area contributed by atoms with Gasteiger partial charge in [0.1, 0.15) is 17.1 Å². The maximum Gasteiger partial charge on any atom is 0.421 e. The molecule has 1 amide bonds. The Morgan fingerprint density at radius 1 is 1.02 bits per heavy atom. The number of hydrogen-bond donors (Lipinski definition) is 4. The number of ether oxygens (including phenoxy) is 2. The first-order valence-corrected chi connectivity index (χ1v) is 18.0. The van der Waals surface area contributed by atoms with Crippen LogP contribution in [0.4, 0.5) is 36.3 Å². The predicted molar refractivity (Wildman–Crippen MR) is 180 cm³/mol. The maximum atomic E-state index is 14.2. The van der Waals surface area contributed by atoms with E-state index in [4.69, 9.17) is 9.47 Å². The average molecular weight is 706 g/mol. The molecule has 4 N–H and O–H groups in total. The van der Waals surface area contributed by atoms with E-state index in [2.05, 4.69) is 20.6 Å². The fraction of sp³-hybridized carbons (Fsp3) is 0.500. The number of hydrogen-bond acceptors (Lipinski definition) is 8. The van der Waals surface area contributed by atoms with Gasteiger partial charge >= 0.3 is 13.8 Å². The number of aromatic nitrogens is 2. The first-order chi connectivity index (χ1) is 23.2. The second-order valence-corrected chi connectivity index (χ2v) is 14.5. The van der Waals surface area contributed by atoms with Crippen LogP contribution in [0.15, 0.2) is 36.5 Å². The molecule has 1 saturated carbocycles. The largest absolute Gasteiger partial charge is 0.495 e. The topological polar surface area (TPSA) is 146 Å². The van der Waals surface area contributed by atoms with E-state index in [0.717, 1.165) is 36.8 Å². The Bertz CT molecular complexity index is 1740. The Balaban J connectivity index is 1.49. The molecule has 11 nitrogen and oxygen atoms in total. The third kappa shape index (κ3) is 7.15. The van der Waals surface area contributed by atoms with Gasteiger partial charge in [0.25, 0.3) is 5.91 Å². The summed E-state index contributed by atoms with van der Waals surface area (Å²) in [6.07, 6.45) is -0.0290. The van der Waals surface area contributed by atoms with Crippen LogP contribution >= 0.6 is 7.60 Å². The molecule has 0 spiro atoms. The molecular weight excluding hydrogens is 662 g/mol. The highest BCUT2D eigenvalue weighted by Gasteiger charge is 2.45. The first kappa shape index (κ1) is 36.6. The van der Waals surface area contributed by atoms with Gasteiger partial charge in [0.2, 0.25) is 5.95 Å². The van der Waals surface area contributed by atoms with Crippen LogP contribution in [-0.2, 0) is 27.2 Å². The summed E-state index contributed by atoms with van der Waals surface area (Å²) in [7, 11) is -1.55. The van der Waals surface area contributed by atoms with E-state index in [1.165, 1.54) is 25.3 Å². The molecule has 0 saturated heterocycles. The zero-order chi connectivity index (χ0) is 35.7. The zero-order valence-corrected chi connectivity index (χ0v) is 29.1. The van der Waals surface area contributed by atoms with Crippen LogP contribution in [0.3, 0.4) is 0 Å². The molecule has 0 atom stereocenters. The molecule has 1 aliphatic heterocycles. The number of rotatable bonds is 12. The Kier molecular flexibility index (Phi) is 10.6. The van der Waals surface area contributed by atoms with Crippen LogP contribution in [0.2, 0.25) is 0 Å². The number of benzene rings is 2. The Morgan fingerprint density at radius 3 is 2.29 bits per heavy atom. The van der Waals surface area contributed by atoms with Crippen molar-refractivity contribution in [3.05, 3.63) is 64.3 Å². The minimum absolute atomic E-state index is 0.165. The average Bonchev–Trinajstić information content (AvgIpc) is 3.36. The summed E-state index contributed by atoms with van der Waals surface area (Å²) < 4.78 is 66.6. The molecule has 2 aromatic carbocycles. The summed E-state index contributed by atoms with van der Waals surface area (Å²) in [5.41, 5.74) is 1.87. The summed E-state index contributed by atoms with van der Waals surface area (Å²) in [5.74, 6) is -0.641. The predicted octanol–water partition coefficient (Wildman–Crippen LogP) is 7.83. The fourth-order valence-electron chi connectivity index (χ4n) is 7.16. The molecular formula is C34H43F3N5O6P. The Labute approximate surface area is 283 Å². The number of amides is 1. The van der Waals surface area contributed by atoms with Crippen molar-refractivity contribution >= 4 is 36.6 Å². The van der Waals surface area contributed by atoms with Gasteiger partial charge < -0.3 is 34.8 Å². The van der Waals surface area contributed by atoms with Crippen molar-refractivity contribution < 1.29 is 41.8 Å². The normalized spacial score (nSPS) is 18.4. The van der Waals surface area contributed by atoms with Crippen molar-refractivity contribution in [1.29, 1.82) is 0 Å². The lowest BCUT2D eigenvalue weighted by Crippen LogP contribution is -2.24. The molecule has 2 aliphatic rings. The van der Waals surface area contributed by atoms with Crippen LogP contribution in [0.5, 0.6) is 5.75 Å². The SMILES string of the molecule is CCO[C@H]1CC[C@H](c2ccc(Nc3nc(Nc4ccc(C(CC)(CC)P(=O)(O)O)cc4OC)ncc3C(F)(F)F)c3c2CN(C)C3=O)CC1. The number of nitrogens with one attached hydrogen (secondary N) is 2. The number of carbonyl (C=O) groups is 1. The number of anilines is 4. The lowest BCUT2D eigenvalue weighted by atomic mass is 9.80. The number of nitrogens with zero attached hydrogens (tertiary/aromatic N) is 3. The van der Waals surface area contributed by atoms with E-state index in [1.807, 2.05) is 13.0 Å². The molecule has 0 radical (unpaired) electrons. The minimum Gasteiger partial charge on any atom is -0.495 e. The molecule has 15 heteroatoms. The zero-order valence-electron chi connectivity index (χ0n) is 28.2. The highest BCUT2D eigenvalue weighted by Crippen LogP contribution is 2.61. The smallest absolute Gasteiger partial charge is 0.421 e. The third-order valence-electron chi connectivity index (χ3n) is 9.88. The van der Waals surface area contributed by atoms with Crippen LogP contribution in [-0.4, -0.2) is 57.4 Å². The van der Waals surface area contributed by atoms with Crippen molar-refractivity contribution in [3.8, 4) is 5.75 Å². The highest BCUT2D eigenvalue weighted by atomic mass is 31.2. The van der Waals surface area contributed by atoms with Gasteiger partial charge in [0, 0.05) is 26.4 Å². The number of fused-ring (bicyclic) bond motifs is 1. The quantitative estimate of drug-likeness (QED) is 0.138. The summed E-state index contributed by atoms with van der Waals surface area (Å²) >= 11 is 0. The van der Waals surface area contributed by atoms with Crippen molar-refractivity contribution in [2.24, 2.45) is 0 Å². The van der Waals surface area contributed by atoms with Gasteiger partial charge in [0.15, 0.2) is 0 Å². The number of methoxy groups -OCH3 is 1. The van der Waals surface area contributed by atoms with Crippen LogP contribution < -0.4 is 15.4 Å². The van der Waals surface area contributed by atoms with Gasteiger partial charge in [-0.25, -0.2) is 4.98 Å². The second kappa shape index (κ2) is 14.3. The second-order valence-electron chi connectivity index (χ2n) is 12.5. The standard InChI is InChI=1S/C34H43F3N5O6P/c1-6-33(7-2,49(44,45)46)21-11-15-26(28(17-21)47-5)40-32-38-18-25(34(35,36)37)30(41-32)39-27-16-14-23(24-19-42(4)31(43)29(24)27)20-9-12-22(13-10-20)48-8-3/h11,14-18,20,22H,6-10,12-13,19H2,1-5H3,(H2,44,45,46)(H2,38,39,40,41)/t20-,22-. The summed E-state index contributed by atoms with van der Waals surface area (Å²) in [6.45, 7) is 6.36. The number of alkyl halides is 3. The molecule has 1 fully saturated rings. The molecule has 5 rings (SSSR count). The van der Waals surface area contributed by atoms with E-state index >= 15 is 0 Å². The first-order valence-electron chi connectivity index (χ1n) is 16.4. The highest BCUT2D eigenvalue weighted by molar-refractivity contribution is 7.53. The molecule has 0 bridgehead atoms. The van der Waals surface area contributed by atoms with Crippen molar-refractivity contribution in [3.63, 3.8) is 0 Å². The van der Waals surface area contributed by atoms with Gasteiger partial charge in [-0.15, -0.1) is 0 Å². The van der Waals surface area contributed by atoms with Crippen molar-refractivity contribution in [2.75, 3.05) is 31.4 Å². The molecule has 266 valence electrons. The minimum atomic E-state index is -4.81. The van der Waals surface area contributed by atoms with Crippen LogP contribution in [0, 0.1) is 0 Å². The van der Waals surface area contributed by atoms with E-state index in [1.54, 1.807) is 31.9 Å². The van der Waals surface area contributed by atoms with Crippen molar-refractivity contribution in [1.82, 2.24) is 14.9 Å². The van der Waals surface area contributed by atoms with E-state index in [-0.39, 0.29) is 53.8 Å². The molecule has 49 heavy (non-hydrogen) atoms. The molecule has 1 aliphatic carbocycles. The van der Waals surface area contributed by atoms with Gasteiger partial charge in [-0.3, -0.25) is 9.36 Å². The van der Waals surface area contributed by atoms with E-state index in [0.29, 0.717) is 30.5 Å². The Hall–Kier alpha value is -3.71. The van der Waals surface area contributed by atoms with Crippen molar-refractivity contribution in [2.45, 2.75) is 89.2 Å². The summed E-state index contributed by atoms with van der Waals surface area (Å²) in [6, 6.07) is 8.08. The number of halogens is 3. The van der Waals surface area contributed by atoms with Gasteiger partial charge in [-0.2, -0.15) is 18.2 Å². The van der Waals surface area contributed by atoms with Gasteiger partial charge in [-0.1, -0.05) is 26.0 Å². The number of carbonyl (C=O) groups excluding carboxylic acids is 1. The molecule has 1 aromatic heterocycles. The molecule has 3 aromatic rings. The van der Waals surface area contributed by atoms with E-state index in [9.17, 15) is 32.3 Å². The third-order valence-corrected chi connectivity index (χ3v) is 11.9. The lowest BCUT2D eigenvalue weighted by molar-refractivity contribution is -0.137. The summed E-state index contributed by atoms with van der Waals surface area (Å²) in [5, 5.41) is 4.24. The van der Waals surface area contributed by atoms with Crippen LogP contribution in [0.1, 0.15) is 97.8 Å². The van der Waals surface area contributed by atoms with E-state index < -0.39 is 30.3 Å². The lowest BCUT2D eigenvalue weighted by Gasteiger charge is -2.33. The fourth-order valence-corrected chi connectivity index (χ4v) is 8.46. The molecule has 2 heterocycles. The monoisotopic (exact) mass is 705 g/mol. The molecule has 0 unspecified atom stereocenters. The maximum absolute atomic E-state index is 14.2. The van der Waals surface area contributed by atoms with Crippen LogP contribution in [0.25, 0.3) is 0 Å². The Morgan fingerprint density at radius 2 is 1.69 bits per heavy atom. The van der Waals surface area contributed by atoms with Gasteiger partial charge in [-0.05, 0) is 86.3 Å².